The quantitative estimate of drug-likeness (QED) is 0.893. The molecule has 1 fully saturated rings. The second kappa shape index (κ2) is 7.28. The topological polar surface area (TPSA) is 48.3 Å². The summed E-state index contributed by atoms with van der Waals surface area (Å²) in [5.74, 6) is 0.873. The highest BCUT2D eigenvalue weighted by Crippen LogP contribution is 2.25. The van der Waals surface area contributed by atoms with E-state index in [0.29, 0.717) is 11.6 Å². The lowest BCUT2D eigenvalue weighted by Gasteiger charge is -2.36. The highest BCUT2D eigenvalue weighted by Gasteiger charge is 2.22. The van der Waals surface area contributed by atoms with Gasteiger partial charge in [0, 0.05) is 24.7 Å². The molecule has 1 heterocycles. The monoisotopic (exact) mass is 273 g/mol. The Morgan fingerprint density at radius 2 is 2.30 bits per heavy atom. The van der Waals surface area contributed by atoms with E-state index in [0.717, 1.165) is 30.9 Å². The lowest BCUT2D eigenvalue weighted by Crippen LogP contribution is -2.44. The van der Waals surface area contributed by atoms with Crippen LogP contribution in [0.3, 0.4) is 0 Å². The van der Waals surface area contributed by atoms with Crippen LogP contribution in [0.4, 0.5) is 0 Å². The number of likely N-dealkylation sites (N-methyl/N-ethyl adjacent to an activating group) is 1. The van der Waals surface area contributed by atoms with Crippen LogP contribution in [-0.2, 0) is 6.54 Å². The Morgan fingerprint density at radius 3 is 3.00 bits per heavy atom. The van der Waals surface area contributed by atoms with Gasteiger partial charge in [0.2, 0.25) is 0 Å². The number of hydrogen-bond donors (Lipinski definition) is 1. The first-order valence-electron chi connectivity index (χ1n) is 7.24. The lowest BCUT2D eigenvalue weighted by molar-refractivity contribution is 0.138. The molecular weight excluding hydrogens is 250 g/mol. The van der Waals surface area contributed by atoms with Crippen molar-refractivity contribution in [2.45, 2.75) is 31.8 Å². The molecule has 1 aromatic rings. The van der Waals surface area contributed by atoms with E-state index >= 15 is 0 Å². The fourth-order valence-electron chi connectivity index (χ4n) is 2.93. The molecule has 0 aliphatic carbocycles. The van der Waals surface area contributed by atoms with Crippen molar-refractivity contribution in [3.05, 3.63) is 29.3 Å². The predicted molar refractivity (Wildman–Crippen MR) is 79.7 cm³/mol. The van der Waals surface area contributed by atoms with Gasteiger partial charge in [-0.3, -0.25) is 4.90 Å². The first-order valence-corrected chi connectivity index (χ1v) is 7.24. The van der Waals surface area contributed by atoms with Crippen LogP contribution in [0.15, 0.2) is 18.2 Å². The number of rotatable bonds is 5. The smallest absolute Gasteiger partial charge is 0.123 e. The Hall–Kier alpha value is -1.57. The maximum absolute atomic E-state index is 9.05. The first-order chi connectivity index (χ1) is 9.78. The third-order valence-corrected chi connectivity index (χ3v) is 3.97. The SMILES string of the molecule is CNCC1CCCCN1Cc1cc(C#N)ccc1OC. The lowest BCUT2D eigenvalue weighted by atomic mass is 10.0. The van der Waals surface area contributed by atoms with Gasteiger partial charge in [-0.05, 0) is 44.6 Å². The van der Waals surface area contributed by atoms with Crippen LogP contribution in [-0.4, -0.2) is 38.2 Å². The third kappa shape index (κ3) is 3.50. The molecule has 0 spiro atoms. The number of nitrogens with zero attached hydrogens (tertiary/aromatic N) is 2. The molecule has 0 amide bonds. The molecule has 20 heavy (non-hydrogen) atoms. The minimum atomic E-state index is 0.573. The van der Waals surface area contributed by atoms with Crippen LogP contribution in [0, 0.1) is 11.3 Å². The number of nitrogens with one attached hydrogen (secondary N) is 1. The second-order valence-electron chi connectivity index (χ2n) is 5.32. The van der Waals surface area contributed by atoms with Gasteiger partial charge in [0.25, 0.3) is 0 Å². The molecule has 1 aliphatic rings. The number of nitriles is 1. The van der Waals surface area contributed by atoms with E-state index in [1.165, 1.54) is 19.3 Å². The molecule has 1 aliphatic heterocycles. The van der Waals surface area contributed by atoms with Crippen LogP contribution in [0.25, 0.3) is 0 Å². The van der Waals surface area contributed by atoms with Crippen LogP contribution in [0.5, 0.6) is 5.75 Å². The Morgan fingerprint density at radius 1 is 1.45 bits per heavy atom. The molecule has 0 radical (unpaired) electrons. The number of likely N-dealkylation sites (tertiary alicyclic amines) is 1. The zero-order chi connectivity index (χ0) is 14.4. The Bertz CT molecular complexity index is 479. The normalized spacial score (nSPS) is 19.6. The number of methoxy groups -OCH3 is 1. The molecular formula is C16H23N3O. The summed E-state index contributed by atoms with van der Waals surface area (Å²) in [6, 6.07) is 8.43. The molecule has 1 atom stereocenters. The van der Waals surface area contributed by atoms with E-state index < -0.39 is 0 Å². The van der Waals surface area contributed by atoms with Crippen molar-refractivity contribution in [1.82, 2.24) is 10.2 Å². The molecule has 0 saturated carbocycles. The molecule has 108 valence electrons. The average Bonchev–Trinajstić information content (AvgIpc) is 2.49. The van der Waals surface area contributed by atoms with E-state index in [1.54, 1.807) is 7.11 Å². The van der Waals surface area contributed by atoms with Gasteiger partial charge in [-0.1, -0.05) is 6.42 Å². The van der Waals surface area contributed by atoms with Gasteiger partial charge < -0.3 is 10.1 Å². The van der Waals surface area contributed by atoms with Crippen molar-refractivity contribution >= 4 is 0 Å². The minimum absolute atomic E-state index is 0.573. The molecule has 0 bridgehead atoms. The highest BCUT2D eigenvalue weighted by atomic mass is 16.5. The van der Waals surface area contributed by atoms with Gasteiger partial charge >= 0.3 is 0 Å². The van der Waals surface area contributed by atoms with Crippen molar-refractivity contribution in [3.8, 4) is 11.8 Å². The summed E-state index contributed by atoms with van der Waals surface area (Å²) in [5, 5.41) is 12.3. The Balaban J connectivity index is 2.16. The van der Waals surface area contributed by atoms with Crippen LogP contribution in [0.2, 0.25) is 0 Å². The summed E-state index contributed by atoms with van der Waals surface area (Å²) >= 11 is 0. The summed E-state index contributed by atoms with van der Waals surface area (Å²) in [5.41, 5.74) is 1.80. The van der Waals surface area contributed by atoms with Gasteiger partial charge in [-0.25, -0.2) is 0 Å². The molecule has 1 aromatic carbocycles. The van der Waals surface area contributed by atoms with Crippen molar-refractivity contribution < 1.29 is 4.74 Å². The maximum atomic E-state index is 9.05. The van der Waals surface area contributed by atoms with E-state index in [4.69, 9.17) is 10.00 Å². The molecule has 4 nitrogen and oxygen atoms in total. The number of benzene rings is 1. The van der Waals surface area contributed by atoms with Gasteiger partial charge in [0.05, 0.1) is 18.7 Å². The van der Waals surface area contributed by atoms with E-state index in [1.807, 2.05) is 25.2 Å². The van der Waals surface area contributed by atoms with Crippen LogP contribution < -0.4 is 10.1 Å². The fraction of sp³-hybridized carbons (Fsp3) is 0.562. The zero-order valence-corrected chi connectivity index (χ0v) is 12.4. The number of piperidine rings is 1. The van der Waals surface area contributed by atoms with Crippen molar-refractivity contribution in [1.29, 1.82) is 5.26 Å². The van der Waals surface area contributed by atoms with Gasteiger partial charge in [0.15, 0.2) is 0 Å². The average molecular weight is 273 g/mol. The minimum Gasteiger partial charge on any atom is -0.496 e. The Kier molecular flexibility index (Phi) is 5.40. The van der Waals surface area contributed by atoms with Gasteiger partial charge in [-0.2, -0.15) is 5.26 Å². The van der Waals surface area contributed by atoms with Gasteiger partial charge in [0.1, 0.15) is 5.75 Å². The van der Waals surface area contributed by atoms with Crippen molar-refractivity contribution in [2.24, 2.45) is 0 Å². The molecule has 2 rings (SSSR count). The molecule has 0 aromatic heterocycles. The van der Waals surface area contributed by atoms with Crippen LogP contribution >= 0.6 is 0 Å². The van der Waals surface area contributed by atoms with Gasteiger partial charge in [-0.15, -0.1) is 0 Å². The largest absolute Gasteiger partial charge is 0.496 e. The zero-order valence-electron chi connectivity index (χ0n) is 12.4. The predicted octanol–water partition coefficient (Wildman–Crippen LogP) is 2.14. The maximum Gasteiger partial charge on any atom is 0.123 e. The van der Waals surface area contributed by atoms with E-state index in [-0.39, 0.29) is 0 Å². The summed E-state index contributed by atoms with van der Waals surface area (Å²) < 4.78 is 5.43. The summed E-state index contributed by atoms with van der Waals surface area (Å²) in [6.07, 6.45) is 3.79. The highest BCUT2D eigenvalue weighted by molar-refractivity contribution is 5.42. The third-order valence-electron chi connectivity index (χ3n) is 3.97. The van der Waals surface area contributed by atoms with Crippen molar-refractivity contribution in [2.75, 3.05) is 27.2 Å². The first kappa shape index (κ1) is 14.8. The summed E-state index contributed by atoms with van der Waals surface area (Å²) in [6.45, 7) is 2.98. The molecule has 1 unspecified atom stereocenters. The van der Waals surface area contributed by atoms with Crippen LogP contribution in [0.1, 0.15) is 30.4 Å². The summed E-state index contributed by atoms with van der Waals surface area (Å²) in [4.78, 5) is 2.50. The standard InChI is InChI=1S/C16H23N3O/c1-18-11-15-5-3-4-8-19(15)12-14-9-13(10-17)6-7-16(14)20-2/h6-7,9,15,18H,3-5,8,11-12H2,1-2H3. The van der Waals surface area contributed by atoms with E-state index in [2.05, 4.69) is 16.3 Å². The fourth-order valence-corrected chi connectivity index (χ4v) is 2.93. The van der Waals surface area contributed by atoms with E-state index in [9.17, 15) is 0 Å². The molecule has 1 saturated heterocycles. The number of hydrogen-bond acceptors (Lipinski definition) is 4. The number of ether oxygens (including phenoxy) is 1. The molecule has 4 heteroatoms. The Labute approximate surface area is 121 Å². The molecule has 1 N–H and O–H groups in total. The summed E-state index contributed by atoms with van der Waals surface area (Å²) in [7, 11) is 3.69. The second-order valence-corrected chi connectivity index (χ2v) is 5.32. The van der Waals surface area contributed by atoms with Crippen molar-refractivity contribution in [3.63, 3.8) is 0 Å².